The third-order valence-corrected chi connectivity index (χ3v) is 1.77. The van der Waals surface area contributed by atoms with Gasteiger partial charge in [-0.3, -0.25) is 4.99 Å². The maximum absolute atomic E-state index is 4.96. The predicted octanol–water partition coefficient (Wildman–Crippen LogP) is -1.30. The first-order valence-corrected chi connectivity index (χ1v) is 4.19. The SMILES string of the molecule is C.CC1=NCCN1C.[B]B([B])B([B])[B]. The Kier molecular flexibility index (Phi) is 9.53. The summed E-state index contributed by atoms with van der Waals surface area (Å²) in [6, 6.07) is 0. The van der Waals surface area contributed by atoms with Crippen LogP contribution in [0.4, 0.5) is 0 Å². The molecule has 0 aromatic rings. The number of hydrogen-bond acceptors (Lipinski definition) is 2. The fraction of sp³-hybridized carbons (Fsp3) is 0.833. The van der Waals surface area contributed by atoms with Crippen LogP contribution in [0.2, 0.25) is 0 Å². The molecule has 2 nitrogen and oxygen atoms in total. The van der Waals surface area contributed by atoms with Crippen molar-refractivity contribution >= 4 is 49.6 Å². The normalized spacial score (nSPS) is 13.3. The van der Waals surface area contributed by atoms with E-state index in [0.717, 1.165) is 13.1 Å². The largest absolute Gasteiger partial charge is 0.362 e. The van der Waals surface area contributed by atoms with Crippen molar-refractivity contribution in [2.45, 2.75) is 14.4 Å². The molecule has 1 aliphatic heterocycles. The summed E-state index contributed by atoms with van der Waals surface area (Å²) in [5, 5.41) is 0. The molecule has 1 aliphatic rings. The molecule has 8 heteroatoms. The van der Waals surface area contributed by atoms with Crippen molar-refractivity contribution in [1.82, 2.24) is 4.90 Å². The zero-order chi connectivity index (χ0) is 10.4. The summed E-state index contributed by atoms with van der Waals surface area (Å²) in [6.07, 6.45) is -1.19. The molecule has 0 unspecified atom stereocenters. The highest BCUT2D eigenvalue weighted by atomic mass is 15.2. The van der Waals surface area contributed by atoms with Gasteiger partial charge in [0.25, 0.3) is 0 Å². The molecule has 0 spiro atoms. The Hall–Kier alpha value is -0.140. The lowest BCUT2D eigenvalue weighted by Crippen LogP contribution is -2.38. The van der Waals surface area contributed by atoms with Gasteiger partial charge in [-0.05, 0) is 6.92 Å². The van der Waals surface area contributed by atoms with Crippen molar-refractivity contribution < 1.29 is 0 Å². The smallest absolute Gasteiger partial charge is 0.0956 e. The van der Waals surface area contributed by atoms with E-state index in [4.69, 9.17) is 30.9 Å². The molecule has 0 fully saturated rings. The Morgan fingerprint density at radius 1 is 1.21 bits per heavy atom. The van der Waals surface area contributed by atoms with Crippen LogP contribution >= 0.6 is 0 Å². The molecule has 0 aromatic heterocycles. The van der Waals surface area contributed by atoms with Crippen LogP contribution in [0.5, 0.6) is 0 Å². The Balaban J connectivity index is 0. The fourth-order valence-corrected chi connectivity index (χ4v) is 0.644. The lowest BCUT2D eigenvalue weighted by molar-refractivity contribution is 0.553. The second-order valence-electron chi connectivity index (χ2n) is 3.01. The number of amidine groups is 1. The molecular weight excluding hydrogens is 165 g/mol. The second-order valence-corrected chi connectivity index (χ2v) is 3.01. The molecule has 0 bridgehead atoms. The summed E-state index contributed by atoms with van der Waals surface area (Å²) >= 11 is 0. The van der Waals surface area contributed by atoms with Crippen LogP contribution in [0, 0.1) is 0 Å². The van der Waals surface area contributed by atoms with Gasteiger partial charge in [0, 0.05) is 57.3 Å². The van der Waals surface area contributed by atoms with Crippen LogP contribution in [0.15, 0.2) is 4.99 Å². The number of likely N-dealkylation sites (N-methyl/N-ethyl adjacent to an activating group) is 1. The molecule has 0 atom stereocenters. The highest BCUT2D eigenvalue weighted by molar-refractivity contribution is 7.76. The number of rotatable bonds is 1. The van der Waals surface area contributed by atoms with Crippen molar-refractivity contribution in [2.75, 3.05) is 20.1 Å². The van der Waals surface area contributed by atoms with Crippen LogP contribution < -0.4 is 0 Å². The van der Waals surface area contributed by atoms with E-state index in [-0.39, 0.29) is 7.43 Å². The van der Waals surface area contributed by atoms with E-state index in [9.17, 15) is 0 Å². The topological polar surface area (TPSA) is 15.6 Å². The summed E-state index contributed by atoms with van der Waals surface area (Å²) < 4.78 is 0. The predicted molar refractivity (Wildman–Crippen MR) is 71.9 cm³/mol. The van der Waals surface area contributed by atoms with Crippen LogP contribution in [-0.2, 0) is 0 Å². The quantitative estimate of drug-likeness (QED) is 0.457. The van der Waals surface area contributed by atoms with E-state index < -0.39 is 12.8 Å². The molecule has 0 aromatic carbocycles. The zero-order valence-electron chi connectivity index (χ0n) is 8.27. The van der Waals surface area contributed by atoms with Gasteiger partial charge in [0.05, 0.1) is 12.4 Å². The number of aliphatic imine (C=N–C) groups is 1. The van der Waals surface area contributed by atoms with Crippen molar-refractivity contribution in [3.8, 4) is 0 Å². The van der Waals surface area contributed by atoms with Crippen molar-refractivity contribution in [1.29, 1.82) is 0 Å². The molecule has 66 valence electrons. The number of hydrogen-bond donors (Lipinski definition) is 0. The van der Waals surface area contributed by atoms with E-state index in [2.05, 4.69) is 16.9 Å². The minimum absolute atomic E-state index is 0. The monoisotopic (exact) mass is 180 g/mol. The van der Waals surface area contributed by atoms with Crippen molar-refractivity contribution in [2.24, 2.45) is 4.99 Å². The van der Waals surface area contributed by atoms with Crippen LogP contribution in [0.1, 0.15) is 14.4 Å². The highest BCUT2D eigenvalue weighted by Crippen LogP contribution is 1.94. The minimum atomic E-state index is -0.593. The van der Waals surface area contributed by atoms with E-state index in [1.165, 1.54) is 5.84 Å². The van der Waals surface area contributed by atoms with Gasteiger partial charge in [-0.1, -0.05) is 7.43 Å². The van der Waals surface area contributed by atoms with Gasteiger partial charge in [-0.2, -0.15) is 0 Å². The van der Waals surface area contributed by atoms with Crippen molar-refractivity contribution in [3.63, 3.8) is 0 Å². The molecule has 0 amide bonds. The highest BCUT2D eigenvalue weighted by Gasteiger charge is 2.04. The summed E-state index contributed by atoms with van der Waals surface area (Å²) in [5.74, 6) is 1.17. The first-order valence-electron chi connectivity index (χ1n) is 4.19. The molecule has 0 N–H and O–H groups in total. The molecule has 0 aliphatic carbocycles. The van der Waals surface area contributed by atoms with E-state index in [1.807, 2.05) is 6.92 Å². The Bertz CT molecular complexity index is 166. The molecule has 1 heterocycles. The molecule has 1 rings (SSSR count). The average molecular weight is 179 g/mol. The van der Waals surface area contributed by atoms with Crippen LogP contribution in [0.25, 0.3) is 0 Å². The van der Waals surface area contributed by atoms with Crippen LogP contribution in [-0.4, -0.2) is 74.6 Å². The molecular formula is C6H14B6N2. The summed E-state index contributed by atoms with van der Waals surface area (Å²) in [4.78, 5) is 6.31. The van der Waals surface area contributed by atoms with Gasteiger partial charge in [0.15, 0.2) is 0 Å². The summed E-state index contributed by atoms with van der Waals surface area (Å²) in [7, 11) is 21.9. The molecule has 8 radical (unpaired) electrons. The first kappa shape index (κ1) is 16.3. The van der Waals surface area contributed by atoms with E-state index in [1.54, 1.807) is 0 Å². The van der Waals surface area contributed by atoms with Gasteiger partial charge in [-0.15, -0.1) is 0 Å². The zero-order valence-corrected chi connectivity index (χ0v) is 8.27. The summed E-state index contributed by atoms with van der Waals surface area (Å²) in [5.41, 5.74) is 0. The minimum Gasteiger partial charge on any atom is -0.362 e. The lowest BCUT2D eigenvalue weighted by Gasteiger charge is -2.07. The van der Waals surface area contributed by atoms with E-state index in [0.29, 0.717) is 0 Å². The third kappa shape index (κ3) is 7.28. The second kappa shape index (κ2) is 8.19. The van der Waals surface area contributed by atoms with Gasteiger partial charge in [0.2, 0.25) is 0 Å². The Morgan fingerprint density at radius 2 is 1.64 bits per heavy atom. The first-order chi connectivity index (χ1) is 5.95. The fourth-order valence-electron chi connectivity index (χ4n) is 0.644. The van der Waals surface area contributed by atoms with Gasteiger partial charge in [-0.25, -0.2) is 0 Å². The van der Waals surface area contributed by atoms with Gasteiger partial charge in [0.1, 0.15) is 0 Å². The molecule has 0 saturated carbocycles. The van der Waals surface area contributed by atoms with Crippen molar-refractivity contribution in [3.05, 3.63) is 0 Å². The lowest BCUT2D eigenvalue weighted by atomic mass is 8.81. The molecule has 14 heavy (non-hydrogen) atoms. The maximum atomic E-state index is 4.96. The summed E-state index contributed by atoms with van der Waals surface area (Å²) in [6.45, 7) is 4.13. The van der Waals surface area contributed by atoms with Gasteiger partial charge >= 0.3 is 0 Å². The maximum Gasteiger partial charge on any atom is 0.0956 e. The average Bonchev–Trinajstić information content (AvgIpc) is 2.37. The third-order valence-electron chi connectivity index (χ3n) is 1.77. The molecule has 0 saturated heterocycles. The Labute approximate surface area is 94.4 Å². The van der Waals surface area contributed by atoms with Crippen LogP contribution in [0.3, 0.4) is 0 Å². The Morgan fingerprint density at radius 3 is 1.71 bits per heavy atom. The van der Waals surface area contributed by atoms with E-state index >= 15 is 0 Å². The standard InChI is InChI=1S/C5H10N2.CH4.B6/c1-5-6-3-4-7(5)2;;1-5(2)6(3)4/h3-4H2,1-2H3;1H4;. The number of nitrogens with zero attached hydrogens (tertiary/aromatic N) is 2. The van der Waals surface area contributed by atoms with Gasteiger partial charge < -0.3 is 4.90 Å².